The molecule has 3 N–H and O–H groups in total. The number of hydrogen-bond acceptors (Lipinski definition) is 3. The van der Waals surface area contributed by atoms with Crippen molar-refractivity contribution < 1.29 is 9.90 Å². The molecule has 1 fully saturated rings. The number of benzene rings is 2. The third-order valence-corrected chi connectivity index (χ3v) is 5.46. The third-order valence-electron chi connectivity index (χ3n) is 5.46. The van der Waals surface area contributed by atoms with Crippen molar-refractivity contribution in [2.75, 3.05) is 6.54 Å². The molecule has 0 amide bonds. The Balaban J connectivity index is 2.01. The lowest BCUT2D eigenvalue weighted by molar-refractivity contribution is -0.121. The minimum atomic E-state index is -0.0348. The fourth-order valence-electron chi connectivity index (χ4n) is 4.13. The van der Waals surface area contributed by atoms with E-state index in [0.29, 0.717) is 30.9 Å². The zero-order valence-electron chi connectivity index (χ0n) is 14.7. The van der Waals surface area contributed by atoms with E-state index in [0.717, 1.165) is 32.1 Å². The van der Waals surface area contributed by atoms with Crippen molar-refractivity contribution in [3.8, 4) is 5.75 Å². The van der Waals surface area contributed by atoms with E-state index < -0.39 is 0 Å². The Morgan fingerprint density at radius 3 is 2.44 bits per heavy atom. The molecular weight excluding hydrogens is 310 g/mol. The van der Waals surface area contributed by atoms with Gasteiger partial charge in [-0.05, 0) is 67.5 Å². The van der Waals surface area contributed by atoms with Crippen molar-refractivity contribution >= 4 is 5.78 Å². The SMILES string of the molecule is NCCCc1cc(O)ccc1C1(Cc2ccccc2)CCC(=O)CC1. The number of Topliss-reactive ketones (excluding diaryl/α,β-unsaturated/α-hetero) is 1. The van der Waals surface area contributed by atoms with Gasteiger partial charge in [0, 0.05) is 18.3 Å². The van der Waals surface area contributed by atoms with E-state index in [1.165, 1.54) is 16.7 Å². The first kappa shape index (κ1) is 17.7. The van der Waals surface area contributed by atoms with Gasteiger partial charge in [0.15, 0.2) is 0 Å². The number of ketones is 1. The lowest BCUT2D eigenvalue weighted by atomic mass is 9.64. The summed E-state index contributed by atoms with van der Waals surface area (Å²) in [5.74, 6) is 0.670. The van der Waals surface area contributed by atoms with Crippen LogP contribution in [0.4, 0.5) is 0 Å². The Morgan fingerprint density at radius 2 is 1.76 bits per heavy atom. The topological polar surface area (TPSA) is 63.3 Å². The summed E-state index contributed by atoms with van der Waals surface area (Å²) in [7, 11) is 0. The summed E-state index contributed by atoms with van der Waals surface area (Å²) >= 11 is 0. The first-order valence-electron chi connectivity index (χ1n) is 9.21. The van der Waals surface area contributed by atoms with Gasteiger partial charge in [0.2, 0.25) is 0 Å². The van der Waals surface area contributed by atoms with Crippen molar-refractivity contribution in [1.29, 1.82) is 0 Å². The number of carbonyl (C=O) groups is 1. The van der Waals surface area contributed by atoms with E-state index in [2.05, 4.69) is 30.3 Å². The van der Waals surface area contributed by atoms with Crippen LogP contribution in [-0.2, 0) is 23.1 Å². The van der Waals surface area contributed by atoms with Crippen molar-refractivity contribution in [3.05, 3.63) is 65.2 Å². The van der Waals surface area contributed by atoms with Crippen LogP contribution in [-0.4, -0.2) is 17.4 Å². The molecule has 25 heavy (non-hydrogen) atoms. The Bertz CT molecular complexity index is 714. The molecule has 0 saturated heterocycles. The molecule has 0 bridgehead atoms. The Hall–Kier alpha value is -2.13. The summed E-state index contributed by atoms with van der Waals surface area (Å²) < 4.78 is 0. The molecule has 3 rings (SSSR count). The Morgan fingerprint density at radius 1 is 1.04 bits per heavy atom. The molecule has 0 spiro atoms. The smallest absolute Gasteiger partial charge is 0.132 e. The molecule has 2 aromatic carbocycles. The zero-order valence-corrected chi connectivity index (χ0v) is 14.7. The van der Waals surface area contributed by atoms with E-state index in [1.54, 1.807) is 6.07 Å². The minimum Gasteiger partial charge on any atom is -0.508 e. The van der Waals surface area contributed by atoms with Crippen molar-refractivity contribution in [3.63, 3.8) is 0 Å². The highest BCUT2D eigenvalue weighted by molar-refractivity contribution is 5.79. The van der Waals surface area contributed by atoms with Crippen LogP contribution in [0.3, 0.4) is 0 Å². The molecular formula is C22H27NO2. The fourth-order valence-corrected chi connectivity index (χ4v) is 4.13. The number of aryl methyl sites for hydroxylation is 1. The highest BCUT2D eigenvalue weighted by atomic mass is 16.3. The van der Waals surface area contributed by atoms with Crippen molar-refractivity contribution in [2.24, 2.45) is 5.73 Å². The number of nitrogens with two attached hydrogens (primary N) is 1. The van der Waals surface area contributed by atoms with Crippen molar-refractivity contribution in [2.45, 2.75) is 50.4 Å². The zero-order chi connectivity index (χ0) is 17.7. The summed E-state index contributed by atoms with van der Waals surface area (Å²) in [4.78, 5) is 11.9. The van der Waals surface area contributed by atoms with Gasteiger partial charge in [-0.1, -0.05) is 36.4 Å². The standard InChI is InChI=1S/C22H27NO2/c23-14-4-7-18-15-20(25)8-9-21(18)22(12-10-19(24)11-13-22)16-17-5-2-1-3-6-17/h1-3,5-6,8-9,15,25H,4,7,10-14,16,23H2. The van der Waals surface area contributed by atoms with E-state index in [4.69, 9.17) is 5.73 Å². The summed E-state index contributed by atoms with van der Waals surface area (Å²) in [6.07, 6.45) is 5.74. The summed E-state index contributed by atoms with van der Waals surface area (Å²) in [5, 5.41) is 9.97. The number of hydrogen-bond donors (Lipinski definition) is 2. The molecule has 3 nitrogen and oxygen atoms in total. The Labute approximate surface area is 149 Å². The molecule has 0 unspecified atom stereocenters. The predicted molar refractivity (Wildman–Crippen MR) is 101 cm³/mol. The van der Waals surface area contributed by atoms with Gasteiger partial charge < -0.3 is 10.8 Å². The molecule has 2 aromatic rings. The Kier molecular flexibility index (Phi) is 5.54. The van der Waals surface area contributed by atoms with Gasteiger partial charge in [0.25, 0.3) is 0 Å². The molecule has 1 aliphatic rings. The quantitative estimate of drug-likeness (QED) is 0.840. The van der Waals surface area contributed by atoms with E-state index >= 15 is 0 Å². The van der Waals surface area contributed by atoms with E-state index in [1.807, 2.05) is 12.1 Å². The molecule has 0 aromatic heterocycles. The largest absolute Gasteiger partial charge is 0.508 e. The molecule has 0 heterocycles. The maximum absolute atomic E-state index is 11.9. The minimum absolute atomic E-state index is 0.0348. The third kappa shape index (κ3) is 4.10. The maximum atomic E-state index is 11.9. The van der Waals surface area contributed by atoms with Gasteiger partial charge >= 0.3 is 0 Å². The van der Waals surface area contributed by atoms with E-state index in [-0.39, 0.29) is 5.41 Å². The van der Waals surface area contributed by atoms with Crippen LogP contribution in [0.2, 0.25) is 0 Å². The van der Waals surface area contributed by atoms with Gasteiger partial charge in [0.1, 0.15) is 11.5 Å². The highest BCUT2D eigenvalue weighted by Crippen LogP contribution is 2.43. The number of aromatic hydroxyl groups is 1. The van der Waals surface area contributed by atoms with Crippen LogP contribution >= 0.6 is 0 Å². The van der Waals surface area contributed by atoms with Gasteiger partial charge in [-0.25, -0.2) is 0 Å². The van der Waals surface area contributed by atoms with E-state index in [9.17, 15) is 9.90 Å². The molecule has 132 valence electrons. The van der Waals surface area contributed by atoms with Crippen LogP contribution in [0.15, 0.2) is 48.5 Å². The van der Waals surface area contributed by atoms with Crippen LogP contribution in [0.5, 0.6) is 5.75 Å². The number of phenols is 1. The van der Waals surface area contributed by atoms with Gasteiger partial charge in [0.05, 0.1) is 0 Å². The molecule has 0 aliphatic heterocycles. The van der Waals surface area contributed by atoms with Gasteiger partial charge in [-0.15, -0.1) is 0 Å². The molecule has 0 radical (unpaired) electrons. The second kappa shape index (κ2) is 7.83. The van der Waals surface area contributed by atoms with Crippen LogP contribution < -0.4 is 5.73 Å². The maximum Gasteiger partial charge on any atom is 0.132 e. The summed E-state index contributed by atoms with van der Waals surface area (Å²) in [6.45, 7) is 0.638. The second-order valence-electron chi connectivity index (χ2n) is 7.22. The number of phenolic OH excluding ortho intramolecular Hbond substituents is 1. The predicted octanol–water partition coefficient (Wildman–Crippen LogP) is 3.91. The summed E-state index contributed by atoms with van der Waals surface area (Å²) in [5.41, 5.74) is 9.44. The lowest BCUT2D eigenvalue weighted by Crippen LogP contribution is -2.35. The fraction of sp³-hybridized carbons (Fsp3) is 0.409. The average Bonchev–Trinajstić information content (AvgIpc) is 2.63. The lowest BCUT2D eigenvalue weighted by Gasteiger charge is -2.39. The average molecular weight is 337 g/mol. The van der Waals surface area contributed by atoms with Crippen molar-refractivity contribution in [1.82, 2.24) is 0 Å². The van der Waals surface area contributed by atoms with Crippen LogP contribution in [0.25, 0.3) is 0 Å². The summed E-state index contributed by atoms with van der Waals surface area (Å²) in [6, 6.07) is 16.2. The molecule has 1 aliphatic carbocycles. The van der Waals surface area contributed by atoms with Crippen LogP contribution in [0.1, 0.15) is 48.8 Å². The number of carbonyl (C=O) groups excluding carboxylic acids is 1. The monoisotopic (exact) mass is 337 g/mol. The van der Waals surface area contributed by atoms with Gasteiger partial charge in [-0.2, -0.15) is 0 Å². The second-order valence-corrected chi connectivity index (χ2v) is 7.22. The highest BCUT2D eigenvalue weighted by Gasteiger charge is 2.37. The molecule has 0 atom stereocenters. The normalized spacial score (nSPS) is 16.8. The van der Waals surface area contributed by atoms with Crippen LogP contribution in [0, 0.1) is 0 Å². The number of rotatable bonds is 6. The van der Waals surface area contributed by atoms with Gasteiger partial charge in [-0.3, -0.25) is 4.79 Å². The first-order valence-corrected chi connectivity index (χ1v) is 9.21. The first-order chi connectivity index (χ1) is 12.1. The molecule has 3 heteroatoms. The molecule has 1 saturated carbocycles.